The summed E-state index contributed by atoms with van der Waals surface area (Å²) in [5.74, 6) is -3.75. The molecule has 4 rings (SSSR count). The minimum atomic E-state index is -4.38. The van der Waals surface area contributed by atoms with Gasteiger partial charge in [-0.25, -0.2) is 17.5 Å². The molecule has 0 radical (unpaired) electrons. The summed E-state index contributed by atoms with van der Waals surface area (Å²) in [6.45, 7) is 4.35. The van der Waals surface area contributed by atoms with E-state index >= 15 is 0 Å². The molecule has 1 amide bonds. The van der Waals surface area contributed by atoms with E-state index in [0.717, 1.165) is 38.1 Å². The van der Waals surface area contributed by atoms with Crippen molar-refractivity contribution in [2.45, 2.75) is 43.3 Å². The van der Waals surface area contributed by atoms with Crippen molar-refractivity contribution in [2.24, 2.45) is 0 Å². The van der Waals surface area contributed by atoms with Crippen LogP contribution in [0.15, 0.2) is 59.6 Å². The number of nitrogens with zero attached hydrogens (tertiary/aromatic N) is 2. The van der Waals surface area contributed by atoms with Gasteiger partial charge in [0.2, 0.25) is 5.82 Å². The standard InChI is InChI=1S/C30H35F2N3O7S/c1-4-26(25-11-7-22(19-33-25)40-18-17-39-3)42-27-12-10-24(28(31)29(27)32)30(36)34-43(37,38)23-8-5-20(6-9-23)41-21-13-15-35(2)16-14-21/h5-12,19,21,26H,4,13-18H2,1-3H3,(H,34,36)/t26-/m1/s1. The molecule has 1 aliphatic heterocycles. The van der Waals surface area contributed by atoms with Gasteiger partial charge in [0.05, 0.1) is 29.0 Å². The van der Waals surface area contributed by atoms with Crippen LogP contribution in [0.4, 0.5) is 8.78 Å². The fraction of sp³-hybridized carbons (Fsp3) is 0.400. The van der Waals surface area contributed by atoms with E-state index in [1.807, 2.05) is 7.05 Å². The molecule has 0 aliphatic carbocycles. The van der Waals surface area contributed by atoms with E-state index < -0.39 is 45.0 Å². The second-order valence-corrected chi connectivity index (χ2v) is 11.7. The summed E-state index contributed by atoms with van der Waals surface area (Å²) in [4.78, 5) is 19.0. The van der Waals surface area contributed by atoms with Crippen molar-refractivity contribution in [3.8, 4) is 17.2 Å². The Kier molecular flexibility index (Phi) is 10.9. The third kappa shape index (κ3) is 8.39. The molecular weight excluding hydrogens is 584 g/mol. The Balaban J connectivity index is 1.40. The van der Waals surface area contributed by atoms with Crippen molar-refractivity contribution in [1.29, 1.82) is 0 Å². The summed E-state index contributed by atoms with van der Waals surface area (Å²) in [6, 6.07) is 10.9. The van der Waals surface area contributed by atoms with Gasteiger partial charge in [-0.2, -0.15) is 4.39 Å². The maximum Gasteiger partial charge on any atom is 0.268 e. The number of amides is 1. The smallest absolute Gasteiger partial charge is 0.268 e. The van der Waals surface area contributed by atoms with Gasteiger partial charge >= 0.3 is 0 Å². The number of nitrogens with one attached hydrogen (secondary N) is 1. The number of carbonyl (C=O) groups is 1. The van der Waals surface area contributed by atoms with Crippen LogP contribution in [0, 0.1) is 11.6 Å². The van der Waals surface area contributed by atoms with Crippen LogP contribution in [-0.4, -0.2) is 70.8 Å². The molecule has 2 aromatic carbocycles. The molecule has 0 unspecified atom stereocenters. The van der Waals surface area contributed by atoms with E-state index in [4.69, 9.17) is 18.9 Å². The van der Waals surface area contributed by atoms with Crippen molar-refractivity contribution in [2.75, 3.05) is 40.5 Å². The maximum absolute atomic E-state index is 15.0. The van der Waals surface area contributed by atoms with Crippen molar-refractivity contribution in [3.05, 3.63) is 77.6 Å². The second-order valence-electron chi connectivity index (χ2n) is 10.0. The number of hydrogen-bond acceptors (Lipinski definition) is 9. The van der Waals surface area contributed by atoms with Crippen LogP contribution in [-0.2, 0) is 14.8 Å². The third-order valence-electron chi connectivity index (χ3n) is 6.91. The third-order valence-corrected chi connectivity index (χ3v) is 8.25. The van der Waals surface area contributed by atoms with Crippen molar-refractivity contribution in [1.82, 2.24) is 14.6 Å². The number of pyridine rings is 1. The molecule has 0 bridgehead atoms. The Morgan fingerprint density at radius 1 is 1.02 bits per heavy atom. The van der Waals surface area contributed by atoms with Gasteiger partial charge in [-0.15, -0.1) is 0 Å². The molecule has 1 atom stereocenters. The molecule has 3 aromatic rings. The Labute approximate surface area is 250 Å². The SMILES string of the molecule is CC[C@@H](Oc1ccc(C(=O)NS(=O)(=O)c2ccc(OC3CCN(C)CC3)cc2)c(F)c1F)c1ccc(OCCOC)cn1. The number of carbonyl (C=O) groups excluding carboxylic acids is 1. The minimum absolute atomic E-state index is 0.0263. The number of rotatable bonds is 13. The zero-order valence-electron chi connectivity index (χ0n) is 24.2. The molecule has 1 aliphatic rings. The Bertz CT molecular complexity index is 1480. The lowest BCUT2D eigenvalue weighted by molar-refractivity contribution is 0.0976. The lowest BCUT2D eigenvalue weighted by Gasteiger charge is -2.29. The fourth-order valence-corrected chi connectivity index (χ4v) is 5.41. The lowest BCUT2D eigenvalue weighted by Crippen LogP contribution is -2.35. The van der Waals surface area contributed by atoms with Crippen LogP contribution >= 0.6 is 0 Å². The van der Waals surface area contributed by atoms with E-state index in [2.05, 4.69) is 9.88 Å². The van der Waals surface area contributed by atoms with Gasteiger partial charge in [0.15, 0.2) is 11.6 Å². The summed E-state index contributed by atoms with van der Waals surface area (Å²) < 4.78 is 79.4. The number of aromatic nitrogens is 1. The van der Waals surface area contributed by atoms with Gasteiger partial charge in [0, 0.05) is 20.2 Å². The monoisotopic (exact) mass is 619 g/mol. The molecule has 1 N–H and O–H groups in total. The van der Waals surface area contributed by atoms with E-state index in [9.17, 15) is 22.0 Å². The number of sulfonamides is 1. The van der Waals surface area contributed by atoms with Crippen molar-refractivity contribution in [3.63, 3.8) is 0 Å². The van der Waals surface area contributed by atoms with Crippen LogP contribution in [0.25, 0.3) is 0 Å². The van der Waals surface area contributed by atoms with Gasteiger partial charge in [-0.3, -0.25) is 9.78 Å². The quantitative estimate of drug-likeness (QED) is 0.276. The first kappa shape index (κ1) is 32.1. The first-order valence-corrected chi connectivity index (χ1v) is 15.3. The molecule has 2 heterocycles. The average Bonchev–Trinajstić information content (AvgIpc) is 3.00. The zero-order valence-corrected chi connectivity index (χ0v) is 25.0. The van der Waals surface area contributed by atoms with Gasteiger partial charge in [0.25, 0.3) is 15.9 Å². The highest BCUT2D eigenvalue weighted by Crippen LogP contribution is 2.30. The minimum Gasteiger partial charge on any atom is -0.490 e. The molecule has 0 saturated carbocycles. The van der Waals surface area contributed by atoms with Crippen molar-refractivity contribution >= 4 is 15.9 Å². The van der Waals surface area contributed by atoms with Crippen LogP contribution in [0.2, 0.25) is 0 Å². The number of ether oxygens (including phenoxy) is 4. The Morgan fingerprint density at radius 3 is 2.35 bits per heavy atom. The highest BCUT2D eigenvalue weighted by molar-refractivity contribution is 7.90. The molecule has 1 fully saturated rings. The lowest BCUT2D eigenvalue weighted by atomic mass is 10.1. The molecule has 10 nitrogen and oxygen atoms in total. The van der Waals surface area contributed by atoms with E-state index in [1.165, 1.54) is 30.5 Å². The normalized spacial score (nSPS) is 15.1. The van der Waals surface area contributed by atoms with Crippen LogP contribution in [0.1, 0.15) is 48.3 Å². The molecule has 1 saturated heterocycles. The van der Waals surface area contributed by atoms with Crippen molar-refractivity contribution < 1.29 is 40.9 Å². The Hall–Kier alpha value is -3.81. The summed E-state index contributed by atoms with van der Waals surface area (Å²) >= 11 is 0. The molecule has 0 spiro atoms. The zero-order chi connectivity index (χ0) is 31.0. The molecule has 43 heavy (non-hydrogen) atoms. The summed E-state index contributed by atoms with van der Waals surface area (Å²) in [7, 11) is -0.786. The summed E-state index contributed by atoms with van der Waals surface area (Å²) in [5, 5.41) is 0. The number of benzene rings is 2. The van der Waals surface area contributed by atoms with Crippen LogP contribution in [0.3, 0.4) is 0 Å². The highest BCUT2D eigenvalue weighted by Gasteiger charge is 2.26. The van der Waals surface area contributed by atoms with Crippen LogP contribution in [0.5, 0.6) is 17.2 Å². The van der Waals surface area contributed by atoms with Gasteiger partial charge in [-0.1, -0.05) is 6.92 Å². The second kappa shape index (κ2) is 14.6. The number of hydrogen-bond donors (Lipinski definition) is 1. The summed E-state index contributed by atoms with van der Waals surface area (Å²) in [5.41, 5.74) is -0.337. The van der Waals surface area contributed by atoms with E-state index in [0.29, 0.717) is 36.8 Å². The largest absolute Gasteiger partial charge is 0.490 e. The van der Waals surface area contributed by atoms with E-state index in [-0.39, 0.29) is 11.0 Å². The van der Waals surface area contributed by atoms with Gasteiger partial charge in [-0.05, 0) is 74.8 Å². The molecular formula is C30H35F2N3O7S. The first-order valence-electron chi connectivity index (χ1n) is 13.9. The predicted molar refractivity (Wildman–Crippen MR) is 154 cm³/mol. The fourth-order valence-electron chi connectivity index (χ4n) is 4.44. The van der Waals surface area contributed by atoms with Gasteiger partial charge < -0.3 is 23.8 Å². The molecule has 13 heteroatoms. The highest BCUT2D eigenvalue weighted by atomic mass is 32.2. The number of methoxy groups -OCH3 is 1. The number of halogens is 2. The van der Waals surface area contributed by atoms with Gasteiger partial charge in [0.1, 0.15) is 30.3 Å². The van der Waals surface area contributed by atoms with Crippen LogP contribution < -0.4 is 18.9 Å². The topological polar surface area (TPSA) is 116 Å². The first-order chi connectivity index (χ1) is 20.6. The number of piperidine rings is 1. The average molecular weight is 620 g/mol. The molecule has 232 valence electrons. The predicted octanol–water partition coefficient (Wildman–Crippen LogP) is 4.51. The maximum atomic E-state index is 15.0. The molecule has 1 aromatic heterocycles. The van der Waals surface area contributed by atoms with E-state index in [1.54, 1.807) is 30.9 Å². The number of likely N-dealkylation sites (tertiary alicyclic amines) is 1. The Morgan fingerprint density at radius 2 is 1.72 bits per heavy atom. The summed E-state index contributed by atoms with van der Waals surface area (Å²) in [6.07, 6.45) is 2.87.